The lowest BCUT2D eigenvalue weighted by atomic mass is 10.2. The van der Waals surface area contributed by atoms with Gasteiger partial charge in [-0.1, -0.05) is 6.07 Å². The second kappa shape index (κ2) is 5.38. The molecule has 1 atom stereocenters. The van der Waals surface area contributed by atoms with Gasteiger partial charge in [-0.2, -0.15) is 0 Å². The zero-order chi connectivity index (χ0) is 10.6. The summed E-state index contributed by atoms with van der Waals surface area (Å²) < 4.78 is 24.0. The maximum absolute atomic E-state index is 12.0. The molecule has 0 aliphatic rings. The molecule has 0 aliphatic heterocycles. The maximum Gasteiger partial charge on any atom is 0.251 e. The predicted molar refractivity (Wildman–Crippen MR) is 54.7 cm³/mol. The molecule has 0 radical (unpaired) electrons. The predicted octanol–water partition coefficient (Wildman–Crippen LogP) is 1.94. The van der Waals surface area contributed by atoms with Crippen LogP contribution in [0.5, 0.6) is 0 Å². The topological polar surface area (TPSA) is 29.3 Å². The number of nitrogens with two attached hydrogens (primary N) is 1. The Bertz CT molecular complexity index is 251. The Kier molecular flexibility index (Phi) is 4.44. The number of nitrogens with zero attached hydrogens (tertiary/aromatic N) is 1. The lowest BCUT2D eigenvalue weighted by molar-refractivity contribution is 0.0980. The van der Waals surface area contributed by atoms with Crippen molar-refractivity contribution in [2.24, 2.45) is 5.73 Å². The third-order valence-corrected chi connectivity index (χ3v) is 2.87. The van der Waals surface area contributed by atoms with Crippen LogP contribution in [0.2, 0.25) is 0 Å². The second-order valence-corrected chi connectivity index (χ2v) is 4.21. The third kappa shape index (κ3) is 3.69. The zero-order valence-electron chi connectivity index (χ0n) is 7.99. The minimum Gasteiger partial charge on any atom is -0.322 e. The van der Waals surface area contributed by atoms with Gasteiger partial charge in [0.15, 0.2) is 0 Å². The van der Waals surface area contributed by atoms with Crippen molar-refractivity contribution >= 4 is 11.3 Å². The van der Waals surface area contributed by atoms with Gasteiger partial charge >= 0.3 is 0 Å². The van der Waals surface area contributed by atoms with Crippen molar-refractivity contribution in [3.8, 4) is 0 Å². The molecule has 1 heterocycles. The molecule has 2 nitrogen and oxygen atoms in total. The first-order valence-electron chi connectivity index (χ1n) is 4.35. The Balaban J connectivity index is 2.37. The molecule has 0 amide bonds. The Morgan fingerprint density at radius 3 is 2.71 bits per heavy atom. The van der Waals surface area contributed by atoms with Crippen LogP contribution >= 0.6 is 11.3 Å². The molecule has 0 bridgehead atoms. The SMILES string of the molecule is CN(CC(F)F)CC(N)c1cccs1. The quantitative estimate of drug-likeness (QED) is 0.821. The molecule has 0 saturated carbocycles. The largest absolute Gasteiger partial charge is 0.322 e. The highest BCUT2D eigenvalue weighted by Crippen LogP contribution is 2.17. The number of hydrogen-bond donors (Lipinski definition) is 1. The van der Waals surface area contributed by atoms with Crippen LogP contribution < -0.4 is 5.73 Å². The summed E-state index contributed by atoms with van der Waals surface area (Å²) in [4.78, 5) is 2.58. The molecular formula is C9H14F2N2S. The van der Waals surface area contributed by atoms with Crippen LogP contribution in [0.15, 0.2) is 17.5 Å². The first-order chi connectivity index (χ1) is 6.59. The van der Waals surface area contributed by atoms with E-state index in [0.29, 0.717) is 6.54 Å². The van der Waals surface area contributed by atoms with Gasteiger partial charge < -0.3 is 5.73 Å². The van der Waals surface area contributed by atoms with E-state index in [1.54, 1.807) is 23.3 Å². The number of likely N-dealkylation sites (N-methyl/N-ethyl adjacent to an activating group) is 1. The molecule has 1 unspecified atom stereocenters. The fourth-order valence-corrected chi connectivity index (χ4v) is 1.96. The summed E-state index contributed by atoms with van der Waals surface area (Å²) in [5.41, 5.74) is 5.84. The number of hydrogen-bond acceptors (Lipinski definition) is 3. The van der Waals surface area contributed by atoms with Crippen LogP contribution in [0, 0.1) is 0 Å². The lowest BCUT2D eigenvalue weighted by Crippen LogP contribution is -2.32. The number of rotatable bonds is 5. The molecule has 0 aliphatic carbocycles. The monoisotopic (exact) mass is 220 g/mol. The molecule has 1 aromatic heterocycles. The first-order valence-corrected chi connectivity index (χ1v) is 5.23. The van der Waals surface area contributed by atoms with Gasteiger partial charge in [-0.15, -0.1) is 11.3 Å². The molecule has 0 fully saturated rings. The van der Waals surface area contributed by atoms with Crippen molar-refractivity contribution in [1.82, 2.24) is 4.90 Å². The van der Waals surface area contributed by atoms with Gasteiger partial charge in [-0.05, 0) is 18.5 Å². The summed E-state index contributed by atoms with van der Waals surface area (Å²) in [6, 6.07) is 3.66. The van der Waals surface area contributed by atoms with Crippen molar-refractivity contribution in [3.05, 3.63) is 22.4 Å². The third-order valence-electron chi connectivity index (χ3n) is 1.87. The minimum absolute atomic E-state index is 0.168. The Morgan fingerprint density at radius 1 is 1.50 bits per heavy atom. The normalized spacial score (nSPS) is 13.9. The van der Waals surface area contributed by atoms with E-state index < -0.39 is 6.43 Å². The smallest absolute Gasteiger partial charge is 0.251 e. The van der Waals surface area contributed by atoms with Crippen molar-refractivity contribution < 1.29 is 8.78 Å². The molecule has 0 saturated heterocycles. The van der Waals surface area contributed by atoms with Crippen molar-refractivity contribution in [2.75, 3.05) is 20.1 Å². The molecule has 1 aromatic rings. The summed E-state index contributed by atoms with van der Waals surface area (Å²) >= 11 is 1.55. The van der Waals surface area contributed by atoms with E-state index in [1.165, 1.54) is 0 Å². The summed E-state index contributed by atoms with van der Waals surface area (Å²) in [5.74, 6) is 0. The van der Waals surface area contributed by atoms with Gasteiger partial charge in [0.25, 0.3) is 6.43 Å². The molecule has 0 aromatic carbocycles. The standard InChI is InChI=1S/C9H14F2N2S/c1-13(6-9(10)11)5-7(12)8-3-2-4-14-8/h2-4,7,9H,5-6,12H2,1H3. The van der Waals surface area contributed by atoms with Crippen LogP contribution in [0.4, 0.5) is 8.78 Å². The highest BCUT2D eigenvalue weighted by molar-refractivity contribution is 7.10. The van der Waals surface area contributed by atoms with Gasteiger partial charge in [0.05, 0.1) is 12.6 Å². The summed E-state index contributed by atoms with van der Waals surface area (Å²) in [6.07, 6.45) is -2.30. The summed E-state index contributed by atoms with van der Waals surface area (Å²) in [6.45, 7) is 0.240. The molecule has 14 heavy (non-hydrogen) atoms. The van der Waals surface area contributed by atoms with Gasteiger partial charge in [0, 0.05) is 11.4 Å². The fraction of sp³-hybridized carbons (Fsp3) is 0.556. The van der Waals surface area contributed by atoms with E-state index in [1.807, 2.05) is 17.5 Å². The number of halogens is 2. The van der Waals surface area contributed by atoms with E-state index in [4.69, 9.17) is 5.73 Å². The van der Waals surface area contributed by atoms with Gasteiger partial charge in [-0.25, -0.2) is 8.78 Å². The Morgan fingerprint density at radius 2 is 2.21 bits per heavy atom. The average molecular weight is 220 g/mol. The lowest BCUT2D eigenvalue weighted by Gasteiger charge is -2.19. The minimum atomic E-state index is -2.30. The highest BCUT2D eigenvalue weighted by Gasteiger charge is 2.13. The van der Waals surface area contributed by atoms with Crippen molar-refractivity contribution in [3.63, 3.8) is 0 Å². The summed E-state index contributed by atoms with van der Waals surface area (Å²) in [5, 5.41) is 1.93. The number of thiophene rings is 1. The van der Waals surface area contributed by atoms with E-state index in [-0.39, 0.29) is 12.6 Å². The molecule has 1 rings (SSSR count). The van der Waals surface area contributed by atoms with Crippen LogP contribution in [0.25, 0.3) is 0 Å². The van der Waals surface area contributed by atoms with Crippen molar-refractivity contribution in [2.45, 2.75) is 12.5 Å². The second-order valence-electron chi connectivity index (χ2n) is 3.23. The molecule has 0 spiro atoms. The van der Waals surface area contributed by atoms with E-state index in [2.05, 4.69) is 0 Å². The Labute approximate surface area is 86.3 Å². The maximum atomic E-state index is 12.0. The molecular weight excluding hydrogens is 206 g/mol. The highest BCUT2D eigenvalue weighted by atomic mass is 32.1. The average Bonchev–Trinajstić information content (AvgIpc) is 2.53. The van der Waals surface area contributed by atoms with E-state index >= 15 is 0 Å². The molecule has 2 N–H and O–H groups in total. The van der Waals surface area contributed by atoms with E-state index in [0.717, 1.165) is 4.88 Å². The van der Waals surface area contributed by atoms with Crippen LogP contribution in [-0.2, 0) is 0 Å². The summed E-state index contributed by atoms with van der Waals surface area (Å²) in [7, 11) is 1.65. The molecule has 5 heteroatoms. The zero-order valence-corrected chi connectivity index (χ0v) is 8.81. The molecule has 80 valence electrons. The van der Waals surface area contributed by atoms with Crippen molar-refractivity contribution in [1.29, 1.82) is 0 Å². The van der Waals surface area contributed by atoms with Gasteiger partial charge in [0.1, 0.15) is 0 Å². The van der Waals surface area contributed by atoms with Gasteiger partial charge in [-0.3, -0.25) is 4.90 Å². The van der Waals surface area contributed by atoms with Gasteiger partial charge in [0.2, 0.25) is 0 Å². The fourth-order valence-electron chi connectivity index (χ4n) is 1.24. The Hall–Kier alpha value is -0.520. The van der Waals surface area contributed by atoms with Crippen LogP contribution in [0.3, 0.4) is 0 Å². The van der Waals surface area contributed by atoms with E-state index in [9.17, 15) is 8.78 Å². The van der Waals surface area contributed by atoms with Crippen LogP contribution in [-0.4, -0.2) is 31.5 Å². The first kappa shape index (κ1) is 11.6. The van der Waals surface area contributed by atoms with Crippen LogP contribution in [0.1, 0.15) is 10.9 Å². The number of alkyl halides is 2.